The van der Waals surface area contributed by atoms with Crippen molar-refractivity contribution in [3.05, 3.63) is 81.8 Å². The average Bonchev–Trinajstić information content (AvgIpc) is 3.08. The molecular weight excluding hydrogens is 337 g/mol. The second-order valence-corrected chi connectivity index (χ2v) is 6.94. The van der Waals surface area contributed by atoms with Gasteiger partial charge in [0.2, 0.25) is 5.91 Å². The molecule has 0 bridgehead atoms. The molecule has 25 heavy (non-hydrogen) atoms. The number of carbonyl (C=O) groups is 1. The van der Waals surface area contributed by atoms with Crippen molar-refractivity contribution in [2.45, 2.75) is 18.9 Å². The normalized spacial score (nSPS) is 16.2. The highest BCUT2D eigenvalue weighted by atomic mass is 32.1. The van der Waals surface area contributed by atoms with Gasteiger partial charge in [0.1, 0.15) is 18.2 Å². The SMILES string of the molecule is O=C1C[C@H](c2ccc(OCc3cccc(F)c3)cc2)c2sccc2N1. The van der Waals surface area contributed by atoms with E-state index in [2.05, 4.69) is 5.32 Å². The van der Waals surface area contributed by atoms with E-state index in [0.717, 1.165) is 22.6 Å². The van der Waals surface area contributed by atoms with E-state index in [1.54, 1.807) is 17.4 Å². The lowest BCUT2D eigenvalue weighted by molar-refractivity contribution is -0.116. The second-order valence-electron chi connectivity index (χ2n) is 5.99. The van der Waals surface area contributed by atoms with Crippen molar-refractivity contribution in [1.29, 1.82) is 0 Å². The number of thiophene rings is 1. The van der Waals surface area contributed by atoms with Crippen LogP contribution in [0.15, 0.2) is 60.0 Å². The molecule has 2 heterocycles. The number of hydrogen-bond donors (Lipinski definition) is 1. The van der Waals surface area contributed by atoms with E-state index in [1.165, 1.54) is 17.0 Å². The van der Waals surface area contributed by atoms with Gasteiger partial charge in [0.15, 0.2) is 0 Å². The van der Waals surface area contributed by atoms with E-state index in [4.69, 9.17) is 4.74 Å². The van der Waals surface area contributed by atoms with Crippen LogP contribution in [0.1, 0.15) is 28.3 Å². The first-order valence-corrected chi connectivity index (χ1v) is 8.91. The second kappa shape index (κ2) is 6.69. The fourth-order valence-corrected chi connectivity index (χ4v) is 4.01. The summed E-state index contributed by atoms with van der Waals surface area (Å²) in [6, 6.07) is 16.1. The maximum atomic E-state index is 13.2. The number of hydrogen-bond acceptors (Lipinski definition) is 3. The van der Waals surface area contributed by atoms with Crippen molar-refractivity contribution in [3.63, 3.8) is 0 Å². The number of fused-ring (bicyclic) bond motifs is 1. The minimum absolute atomic E-state index is 0.0438. The van der Waals surface area contributed by atoms with Gasteiger partial charge in [-0.1, -0.05) is 24.3 Å². The van der Waals surface area contributed by atoms with E-state index in [0.29, 0.717) is 13.0 Å². The molecule has 0 aliphatic carbocycles. The Labute approximate surface area is 149 Å². The van der Waals surface area contributed by atoms with Crippen LogP contribution in [0.25, 0.3) is 0 Å². The molecule has 1 aromatic heterocycles. The summed E-state index contributed by atoms with van der Waals surface area (Å²) in [4.78, 5) is 13.1. The summed E-state index contributed by atoms with van der Waals surface area (Å²) in [7, 11) is 0. The highest BCUT2D eigenvalue weighted by molar-refractivity contribution is 7.10. The summed E-state index contributed by atoms with van der Waals surface area (Å²) in [5.74, 6) is 0.585. The fraction of sp³-hybridized carbons (Fsp3) is 0.150. The van der Waals surface area contributed by atoms with E-state index in [1.807, 2.05) is 41.8 Å². The van der Waals surface area contributed by atoms with Crippen LogP contribution in [0.3, 0.4) is 0 Å². The van der Waals surface area contributed by atoms with E-state index >= 15 is 0 Å². The number of halogens is 1. The number of anilines is 1. The molecule has 1 aliphatic heterocycles. The standard InChI is InChI=1S/C20H16FNO2S/c21-15-3-1-2-13(10-15)12-24-16-6-4-14(5-7-16)17-11-19(23)22-18-8-9-25-20(17)18/h1-10,17H,11-12H2,(H,22,23)/t17-/m1/s1. The molecule has 1 N–H and O–H groups in total. The predicted molar refractivity (Wildman–Crippen MR) is 96.6 cm³/mol. The van der Waals surface area contributed by atoms with Crippen molar-refractivity contribution >= 4 is 22.9 Å². The maximum Gasteiger partial charge on any atom is 0.225 e. The molecule has 1 amide bonds. The topological polar surface area (TPSA) is 38.3 Å². The Bertz CT molecular complexity index is 904. The van der Waals surface area contributed by atoms with Gasteiger partial charge in [-0.15, -0.1) is 11.3 Å². The van der Waals surface area contributed by atoms with Gasteiger partial charge in [0.05, 0.1) is 5.69 Å². The van der Waals surface area contributed by atoms with E-state index in [9.17, 15) is 9.18 Å². The molecule has 0 unspecified atom stereocenters. The predicted octanol–water partition coefficient (Wildman–Crippen LogP) is 4.94. The van der Waals surface area contributed by atoms with Gasteiger partial charge in [-0.25, -0.2) is 4.39 Å². The zero-order valence-corrected chi connectivity index (χ0v) is 14.2. The highest BCUT2D eigenvalue weighted by Crippen LogP contribution is 2.40. The quantitative estimate of drug-likeness (QED) is 0.721. The van der Waals surface area contributed by atoms with Crippen LogP contribution in [0.2, 0.25) is 0 Å². The molecule has 0 spiro atoms. The zero-order chi connectivity index (χ0) is 17.2. The summed E-state index contributed by atoms with van der Waals surface area (Å²) in [5, 5.41) is 4.91. The largest absolute Gasteiger partial charge is 0.489 e. The molecule has 1 atom stereocenters. The Morgan fingerprint density at radius 1 is 1.16 bits per heavy atom. The molecule has 0 radical (unpaired) electrons. The van der Waals surface area contributed by atoms with Gasteiger partial charge in [-0.2, -0.15) is 0 Å². The molecule has 2 aromatic carbocycles. The molecule has 0 saturated carbocycles. The number of rotatable bonds is 4. The molecule has 0 saturated heterocycles. The van der Waals surface area contributed by atoms with Crippen molar-refractivity contribution in [2.75, 3.05) is 5.32 Å². The average molecular weight is 353 g/mol. The summed E-state index contributed by atoms with van der Waals surface area (Å²) >= 11 is 1.66. The highest BCUT2D eigenvalue weighted by Gasteiger charge is 2.27. The van der Waals surface area contributed by atoms with Crippen LogP contribution in [0, 0.1) is 5.82 Å². The Morgan fingerprint density at radius 3 is 2.80 bits per heavy atom. The molecule has 126 valence electrons. The van der Waals surface area contributed by atoms with Gasteiger partial charge >= 0.3 is 0 Å². The molecule has 3 aromatic rings. The number of amides is 1. The lowest BCUT2D eigenvalue weighted by Gasteiger charge is -2.23. The zero-order valence-electron chi connectivity index (χ0n) is 13.4. The van der Waals surface area contributed by atoms with Gasteiger partial charge in [-0.3, -0.25) is 4.79 Å². The van der Waals surface area contributed by atoms with Crippen LogP contribution in [-0.2, 0) is 11.4 Å². The monoisotopic (exact) mass is 353 g/mol. The molecule has 4 rings (SSSR count). The summed E-state index contributed by atoms with van der Waals surface area (Å²) < 4.78 is 18.9. The smallest absolute Gasteiger partial charge is 0.225 e. The van der Waals surface area contributed by atoms with E-state index < -0.39 is 0 Å². The number of benzene rings is 2. The van der Waals surface area contributed by atoms with E-state index in [-0.39, 0.29) is 17.6 Å². The van der Waals surface area contributed by atoms with Gasteiger partial charge in [-0.05, 0) is 46.8 Å². The third-order valence-electron chi connectivity index (χ3n) is 4.25. The van der Waals surface area contributed by atoms with Crippen LogP contribution < -0.4 is 10.1 Å². The van der Waals surface area contributed by atoms with Gasteiger partial charge in [0.25, 0.3) is 0 Å². The Morgan fingerprint density at radius 2 is 2.00 bits per heavy atom. The molecule has 3 nitrogen and oxygen atoms in total. The maximum absolute atomic E-state index is 13.2. The van der Waals surface area contributed by atoms with Gasteiger partial charge < -0.3 is 10.1 Å². The first-order valence-electron chi connectivity index (χ1n) is 8.03. The number of nitrogens with one attached hydrogen (secondary N) is 1. The van der Waals surface area contributed by atoms with Crippen LogP contribution in [-0.4, -0.2) is 5.91 Å². The minimum Gasteiger partial charge on any atom is -0.489 e. The first kappa shape index (κ1) is 15.8. The summed E-state index contributed by atoms with van der Waals surface area (Å²) in [5.41, 5.74) is 2.80. The number of carbonyl (C=O) groups excluding carboxylic acids is 1. The van der Waals surface area contributed by atoms with Crippen LogP contribution in [0.4, 0.5) is 10.1 Å². The Balaban J connectivity index is 1.48. The Kier molecular flexibility index (Phi) is 4.24. The van der Waals surface area contributed by atoms with Crippen LogP contribution in [0.5, 0.6) is 5.75 Å². The molecular formula is C20H16FNO2S. The lowest BCUT2D eigenvalue weighted by atomic mass is 9.91. The van der Waals surface area contributed by atoms with Crippen molar-refractivity contribution in [3.8, 4) is 5.75 Å². The van der Waals surface area contributed by atoms with Crippen molar-refractivity contribution in [1.82, 2.24) is 0 Å². The third kappa shape index (κ3) is 3.42. The van der Waals surface area contributed by atoms with Gasteiger partial charge in [0, 0.05) is 17.2 Å². The Hall–Kier alpha value is -2.66. The summed E-state index contributed by atoms with van der Waals surface area (Å²) in [6.07, 6.45) is 0.455. The number of ether oxygens (including phenoxy) is 1. The van der Waals surface area contributed by atoms with Crippen LogP contribution >= 0.6 is 11.3 Å². The molecule has 5 heteroatoms. The summed E-state index contributed by atoms with van der Waals surface area (Å²) in [6.45, 7) is 0.317. The lowest BCUT2D eigenvalue weighted by Crippen LogP contribution is -2.21. The molecule has 0 fully saturated rings. The minimum atomic E-state index is -0.265. The molecule has 1 aliphatic rings. The fourth-order valence-electron chi connectivity index (χ4n) is 3.03. The van der Waals surface area contributed by atoms with Crippen molar-refractivity contribution < 1.29 is 13.9 Å². The first-order chi connectivity index (χ1) is 12.2. The van der Waals surface area contributed by atoms with Crippen molar-refractivity contribution in [2.24, 2.45) is 0 Å². The third-order valence-corrected chi connectivity index (χ3v) is 5.28.